The van der Waals surface area contributed by atoms with Gasteiger partial charge in [-0.2, -0.15) is 16.7 Å². The molecule has 2 aliphatic rings. The van der Waals surface area contributed by atoms with Crippen LogP contribution in [0.3, 0.4) is 0 Å². The molecular formula is C15H25N3OS. The van der Waals surface area contributed by atoms with Crippen LogP contribution in [0.4, 0.5) is 0 Å². The lowest BCUT2D eigenvalue weighted by molar-refractivity contribution is 0.218. The molecule has 1 saturated heterocycles. The Balaban J connectivity index is 1.68. The maximum atomic E-state index is 5.57. The van der Waals surface area contributed by atoms with E-state index in [4.69, 9.17) is 9.51 Å². The molecule has 2 heterocycles. The van der Waals surface area contributed by atoms with E-state index in [9.17, 15) is 0 Å². The molecule has 1 aromatic rings. The summed E-state index contributed by atoms with van der Waals surface area (Å²) in [5.41, 5.74) is 0.488. The SMILES string of the molecule is CNC1CSCC1c1nc(C2CCC(C)(C)CC2)no1. The van der Waals surface area contributed by atoms with Crippen LogP contribution < -0.4 is 5.32 Å². The fraction of sp³-hybridized carbons (Fsp3) is 0.867. The first-order chi connectivity index (χ1) is 9.59. The molecule has 5 heteroatoms. The second kappa shape index (κ2) is 5.68. The van der Waals surface area contributed by atoms with E-state index in [1.807, 2.05) is 18.8 Å². The highest BCUT2D eigenvalue weighted by atomic mass is 32.2. The van der Waals surface area contributed by atoms with Crippen molar-refractivity contribution < 1.29 is 4.52 Å². The number of rotatable bonds is 3. The molecule has 1 aromatic heterocycles. The minimum absolute atomic E-state index is 0.381. The Morgan fingerprint density at radius 2 is 2.00 bits per heavy atom. The first-order valence-electron chi connectivity index (χ1n) is 7.67. The molecule has 1 aliphatic carbocycles. The van der Waals surface area contributed by atoms with Crippen LogP contribution in [0.15, 0.2) is 4.52 Å². The van der Waals surface area contributed by atoms with Crippen LogP contribution in [-0.4, -0.2) is 34.7 Å². The molecule has 2 unspecified atom stereocenters. The van der Waals surface area contributed by atoms with Gasteiger partial charge in [-0.3, -0.25) is 0 Å². The second-order valence-electron chi connectivity index (χ2n) is 6.97. The topological polar surface area (TPSA) is 51.0 Å². The van der Waals surface area contributed by atoms with Gasteiger partial charge in [0.15, 0.2) is 5.82 Å². The van der Waals surface area contributed by atoms with Crippen LogP contribution in [0, 0.1) is 5.41 Å². The largest absolute Gasteiger partial charge is 0.339 e. The van der Waals surface area contributed by atoms with Gasteiger partial charge in [0.25, 0.3) is 0 Å². The Hall–Kier alpha value is -0.550. The van der Waals surface area contributed by atoms with Gasteiger partial charge in [0.05, 0.1) is 5.92 Å². The Kier molecular flexibility index (Phi) is 4.09. The summed E-state index contributed by atoms with van der Waals surface area (Å²) >= 11 is 1.96. The smallest absolute Gasteiger partial charge is 0.232 e. The third-order valence-electron chi connectivity index (χ3n) is 4.93. The normalized spacial score (nSPS) is 30.8. The Bertz CT molecular complexity index is 450. The number of hydrogen-bond donors (Lipinski definition) is 1. The van der Waals surface area contributed by atoms with Gasteiger partial charge in [-0.05, 0) is 38.1 Å². The van der Waals surface area contributed by atoms with Crippen LogP contribution in [-0.2, 0) is 0 Å². The monoisotopic (exact) mass is 295 g/mol. The van der Waals surface area contributed by atoms with Crippen molar-refractivity contribution in [2.75, 3.05) is 18.6 Å². The minimum Gasteiger partial charge on any atom is -0.339 e. The van der Waals surface area contributed by atoms with Gasteiger partial charge in [0.2, 0.25) is 5.89 Å². The Labute approximate surface area is 125 Å². The van der Waals surface area contributed by atoms with Crippen LogP contribution in [0.1, 0.15) is 63.1 Å². The Morgan fingerprint density at radius 1 is 1.25 bits per heavy atom. The van der Waals surface area contributed by atoms with Gasteiger partial charge in [-0.1, -0.05) is 19.0 Å². The molecule has 2 atom stereocenters. The third kappa shape index (κ3) is 2.89. The van der Waals surface area contributed by atoms with E-state index in [0.717, 1.165) is 23.2 Å². The number of nitrogens with zero attached hydrogens (tertiary/aromatic N) is 2. The molecule has 20 heavy (non-hydrogen) atoms. The number of nitrogens with one attached hydrogen (secondary N) is 1. The quantitative estimate of drug-likeness (QED) is 0.928. The van der Waals surface area contributed by atoms with Crippen molar-refractivity contribution in [3.63, 3.8) is 0 Å². The fourth-order valence-corrected chi connectivity index (χ4v) is 4.72. The van der Waals surface area contributed by atoms with E-state index in [1.165, 1.54) is 25.7 Å². The molecule has 1 N–H and O–H groups in total. The van der Waals surface area contributed by atoms with Crippen molar-refractivity contribution in [2.24, 2.45) is 5.41 Å². The predicted molar refractivity (Wildman–Crippen MR) is 82.2 cm³/mol. The zero-order valence-corrected chi connectivity index (χ0v) is 13.5. The highest BCUT2D eigenvalue weighted by Gasteiger charge is 2.34. The molecule has 0 radical (unpaired) electrons. The van der Waals surface area contributed by atoms with E-state index >= 15 is 0 Å². The molecule has 0 spiro atoms. The Morgan fingerprint density at radius 3 is 2.70 bits per heavy atom. The summed E-state index contributed by atoms with van der Waals surface area (Å²) in [6, 6.07) is 0.471. The van der Waals surface area contributed by atoms with Gasteiger partial charge >= 0.3 is 0 Å². The van der Waals surface area contributed by atoms with Crippen molar-refractivity contribution >= 4 is 11.8 Å². The highest BCUT2D eigenvalue weighted by Crippen LogP contribution is 2.42. The third-order valence-corrected chi connectivity index (χ3v) is 6.12. The van der Waals surface area contributed by atoms with Gasteiger partial charge in [0, 0.05) is 23.5 Å². The van der Waals surface area contributed by atoms with Gasteiger partial charge < -0.3 is 9.84 Å². The summed E-state index contributed by atoms with van der Waals surface area (Å²) in [5, 5.41) is 7.64. The molecule has 1 saturated carbocycles. The zero-order chi connectivity index (χ0) is 14.2. The fourth-order valence-electron chi connectivity index (χ4n) is 3.30. The number of hydrogen-bond acceptors (Lipinski definition) is 5. The summed E-state index contributed by atoms with van der Waals surface area (Å²) in [4.78, 5) is 4.73. The summed E-state index contributed by atoms with van der Waals surface area (Å²) in [6.07, 6.45) is 4.92. The average Bonchev–Trinajstić information content (AvgIpc) is 3.06. The molecule has 2 fully saturated rings. The van der Waals surface area contributed by atoms with E-state index in [-0.39, 0.29) is 0 Å². The number of thioether (sulfide) groups is 1. The molecule has 0 aromatic carbocycles. The maximum absolute atomic E-state index is 5.57. The average molecular weight is 295 g/mol. The number of likely N-dealkylation sites (N-methyl/N-ethyl adjacent to an activating group) is 1. The van der Waals surface area contributed by atoms with Crippen molar-refractivity contribution in [1.82, 2.24) is 15.5 Å². The first kappa shape index (κ1) is 14.4. The standard InChI is InChI=1S/C15H25N3OS/c1-15(2)6-4-10(5-7-15)13-17-14(19-18-13)11-8-20-9-12(11)16-3/h10-12,16H,4-9H2,1-3H3. The van der Waals surface area contributed by atoms with Crippen LogP contribution in [0.5, 0.6) is 0 Å². The summed E-state index contributed by atoms with van der Waals surface area (Å²) in [6.45, 7) is 4.72. The van der Waals surface area contributed by atoms with E-state index in [1.54, 1.807) is 0 Å². The molecule has 0 bridgehead atoms. The van der Waals surface area contributed by atoms with Crippen LogP contribution in [0.2, 0.25) is 0 Å². The molecule has 0 amide bonds. The lowest BCUT2D eigenvalue weighted by Gasteiger charge is -2.32. The summed E-state index contributed by atoms with van der Waals surface area (Å²) < 4.78 is 5.57. The summed E-state index contributed by atoms with van der Waals surface area (Å²) in [7, 11) is 2.02. The molecule has 112 valence electrons. The second-order valence-corrected chi connectivity index (χ2v) is 8.04. The van der Waals surface area contributed by atoms with E-state index < -0.39 is 0 Å². The van der Waals surface area contributed by atoms with Gasteiger partial charge in [-0.15, -0.1) is 0 Å². The first-order valence-corrected chi connectivity index (χ1v) is 8.83. The van der Waals surface area contributed by atoms with Crippen LogP contribution in [0.25, 0.3) is 0 Å². The highest BCUT2D eigenvalue weighted by molar-refractivity contribution is 7.99. The predicted octanol–water partition coefficient (Wildman–Crippen LogP) is 3.17. The molecular weight excluding hydrogens is 270 g/mol. The molecule has 4 nitrogen and oxygen atoms in total. The number of aromatic nitrogens is 2. The maximum Gasteiger partial charge on any atom is 0.232 e. The molecule has 1 aliphatic heterocycles. The van der Waals surface area contributed by atoms with Crippen molar-refractivity contribution in [3.8, 4) is 0 Å². The van der Waals surface area contributed by atoms with Crippen LogP contribution >= 0.6 is 11.8 Å². The van der Waals surface area contributed by atoms with Crippen molar-refractivity contribution in [2.45, 2.75) is 57.4 Å². The van der Waals surface area contributed by atoms with E-state index in [2.05, 4.69) is 24.3 Å². The van der Waals surface area contributed by atoms with Crippen molar-refractivity contribution in [3.05, 3.63) is 11.7 Å². The van der Waals surface area contributed by atoms with Gasteiger partial charge in [-0.25, -0.2) is 0 Å². The summed E-state index contributed by atoms with van der Waals surface area (Å²) in [5.74, 6) is 4.90. The van der Waals surface area contributed by atoms with Crippen molar-refractivity contribution in [1.29, 1.82) is 0 Å². The zero-order valence-electron chi connectivity index (χ0n) is 12.7. The minimum atomic E-state index is 0.381. The lowest BCUT2D eigenvalue weighted by Crippen LogP contribution is -2.31. The molecule has 3 rings (SSSR count). The van der Waals surface area contributed by atoms with Gasteiger partial charge in [0.1, 0.15) is 0 Å². The van der Waals surface area contributed by atoms with E-state index in [0.29, 0.717) is 23.3 Å². The lowest BCUT2D eigenvalue weighted by atomic mass is 9.73.